The van der Waals surface area contributed by atoms with E-state index in [2.05, 4.69) is 26.1 Å². The lowest BCUT2D eigenvalue weighted by atomic mass is 10.2. The zero-order chi connectivity index (χ0) is 18.2. The van der Waals surface area contributed by atoms with Crippen molar-refractivity contribution in [2.45, 2.75) is 6.54 Å². The summed E-state index contributed by atoms with van der Waals surface area (Å²) < 4.78 is 6.25. The molecule has 0 unspecified atom stereocenters. The first-order valence-electron chi connectivity index (χ1n) is 8.07. The molecule has 0 spiro atoms. The molecule has 5 nitrogen and oxygen atoms in total. The maximum Gasteiger partial charge on any atom is 0.322 e. The average molecular weight is 406 g/mol. The number of anilines is 1. The predicted molar refractivity (Wildman–Crippen MR) is 105 cm³/mol. The van der Waals surface area contributed by atoms with Crippen LogP contribution in [-0.4, -0.2) is 50.1 Å². The van der Waals surface area contributed by atoms with Crippen molar-refractivity contribution in [2.24, 2.45) is 0 Å². The van der Waals surface area contributed by atoms with Gasteiger partial charge in [0.05, 0.1) is 7.11 Å². The molecule has 0 aromatic heterocycles. The lowest BCUT2D eigenvalue weighted by Gasteiger charge is -2.25. The van der Waals surface area contributed by atoms with Crippen LogP contribution in [0.3, 0.4) is 0 Å². The summed E-state index contributed by atoms with van der Waals surface area (Å²) in [5, 5.41) is 2.96. The van der Waals surface area contributed by atoms with Crippen LogP contribution in [0.4, 0.5) is 10.5 Å². The van der Waals surface area contributed by atoms with Crippen molar-refractivity contribution in [1.29, 1.82) is 0 Å². The number of nitrogens with one attached hydrogen (secondary N) is 1. The summed E-state index contributed by atoms with van der Waals surface area (Å²) >= 11 is 3.40. The van der Waals surface area contributed by atoms with Crippen molar-refractivity contribution >= 4 is 27.6 Å². The molecule has 2 aromatic rings. The molecule has 0 aliphatic carbocycles. The largest absolute Gasteiger partial charge is 0.497 e. The Morgan fingerprint density at radius 1 is 1.12 bits per heavy atom. The molecule has 2 amide bonds. The minimum absolute atomic E-state index is 0.119. The van der Waals surface area contributed by atoms with Crippen LogP contribution in [0.2, 0.25) is 0 Å². The Hall–Kier alpha value is -2.05. The summed E-state index contributed by atoms with van der Waals surface area (Å²) in [4.78, 5) is 16.6. The summed E-state index contributed by atoms with van der Waals surface area (Å²) in [5.41, 5.74) is 1.80. The van der Waals surface area contributed by atoms with Gasteiger partial charge < -0.3 is 19.9 Å². The van der Waals surface area contributed by atoms with Crippen LogP contribution in [0.1, 0.15) is 5.56 Å². The van der Waals surface area contributed by atoms with E-state index in [1.807, 2.05) is 62.6 Å². The number of rotatable bonds is 7. The second kappa shape index (κ2) is 9.44. The Kier molecular flexibility index (Phi) is 7.28. The highest BCUT2D eigenvalue weighted by molar-refractivity contribution is 9.10. The van der Waals surface area contributed by atoms with Gasteiger partial charge in [-0.2, -0.15) is 0 Å². The number of methoxy groups -OCH3 is 1. The number of hydrogen-bond donors (Lipinski definition) is 1. The van der Waals surface area contributed by atoms with Gasteiger partial charge >= 0.3 is 6.03 Å². The molecule has 25 heavy (non-hydrogen) atoms. The van der Waals surface area contributed by atoms with Crippen LogP contribution in [0.15, 0.2) is 53.0 Å². The van der Waals surface area contributed by atoms with E-state index in [9.17, 15) is 4.79 Å². The van der Waals surface area contributed by atoms with E-state index in [0.29, 0.717) is 13.1 Å². The topological polar surface area (TPSA) is 44.8 Å². The molecule has 0 aliphatic heterocycles. The highest BCUT2D eigenvalue weighted by Gasteiger charge is 2.15. The van der Waals surface area contributed by atoms with Crippen LogP contribution in [0.25, 0.3) is 0 Å². The molecule has 134 valence electrons. The molecule has 2 aromatic carbocycles. The molecule has 0 saturated heterocycles. The average Bonchev–Trinajstić information content (AvgIpc) is 2.60. The number of benzene rings is 2. The number of ether oxygens (including phenoxy) is 1. The van der Waals surface area contributed by atoms with E-state index in [1.165, 1.54) is 0 Å². The molecule has 0 radical (unpaired) electrons. The fourth-order valence-corrected chi connectivity index (χ4v) is 2.56. The van der Waals surface area contributed by atoms with E-state index >= 15 is 0 Å². The molecule has 0 heterocycles. The van der Waals surface area contributed by atoms with Gasteiger partial charge in [0, 0.05) is 29.8 Å². The molecular weight excluding hydrogens is 382 g/mol. The van der Waals surface area contributed by atoms with E-state index < -0.39 is 0 Å². The fourth-order valence-electron chi connectivity index (χ4n) is 2.30. The lowest BCUT2D eigenvalue weighted by molar-refractivity contribution is 0.202. The van der Waals surface area contributed by atoms with Crippen LogP contribution < -0.4 is 10.1 Å². The van der Waals surface area contributed by atoms with Gasteiger partial charge in [0.2, 0.25) is 0 Å². The first-order chi connectivity index (χ1) is 12.0. The summed E-state index contributed by atoms with van der Waals surface area (Å²) in [6.45, 7) is 1.94. The summed E-state index contributed by atoms with van der Waals surface area (Å²) in [6.07, 6.45) is 0. The Morgan fingerprint density at radius 2 is 1.84 bits per heavy atom. The van der Waals surface area contributed by atoms with E-state index in [-0.39, 0.29) is 6.03 Å². The van der Waals surface area contributed by atoms with Gasteiger partial charge in [-0.3, -0.25) is 0 Å². The van der Waals surface area contributed by atoms with Gasteiger partial charge in [-0.1, -0.05) is 28.1 Å². The third-order valence-electron chi connectivity index (χ3n) is 3.71. The Balaban J connectivity index is 2.10. The normalized spacial score (nSPS) is 10.6. The Labute approximate surface area is 157 Å². The smallest absolute Gasteiger partial charge is 0.322 e. The zero-order valence-corrected chi connectivity index (χ0v) is 16.4. The number of carbonyl (C=O) groups is 1. The molecule has 2 rings (SSSR count). The minimum Gasteiger partial charge on any atom is -0.497 e. The first kappa shape index (κ1) is 19.3. The number of nitrogens with zero attached hydrogens (tertiary/aromatic N) is 2. The van der Waals surface area contributed by atoms with Gasteiger partial charge in [0.15, 0.2) is 0 Å². The number of halogens is 1. The molecule has 0 bridgehead atoms. The van der Waals surface area contributed by atoms with E-state index in [0.717, 1.165) is 28.0 Å². The second-order valence-corrected chi connectivity index (χ2v) is 6.93. The zero-order valence-electron chi connectivity index (χ0n) is 14.8. The number of hydrogen-bond acceptors (Lipinski definition) is 3. The maximum atomic E-state index is 12.7. The van der Waals surface area contributed by atoms with Gasteiger partial charge in [-0.15, -0.1) is 0 Å². The maximum absolute atomic E-state index is 12.7. The second-order valence-electron chi connectivity index (χ2n) is 6.01. The first-order valence-corrected chi connectivity index (χ1v) is 8.86. The van der Waals surface area contributed by atoms with Crippen molar-refractivity contribution < 1.29 is 9.53 Å². The number of urea groups is 1. The molecule has 0 fully saturated rings. The quantitative estimate of drug-likeness (QED) is 0.755. The van der Waals surface area contributed by atoms with Gasteiger partial charge in [-0.25, -0.2) is 4.79 Å². The van der Waals surface area contributed by atoms with Gasteiger partial charge in [0.25, 0.3) is 0 Å². The molecule has 6 heteroatoms. The number of likely N-dealkylation sites (N-methyl/N-ethyl adjacent to an activating group) is 1. The Bertz CT molecular complexity index is 689. The highest BCUT2D eigenvalue weighted by Crippen LogP contribution is 2.17. The van der Waals surface area contributed by atoms with Crippen molar-refractivity contribution in [3.05, 3.63) is 58.6 Å². The van der Waals surface area contributed by atoms with E-state index in [1.54, 1.807) is 12.0 Å². The SMILES string of the molecule is COc1cccc(CN(CCN(C)C)C(=O)Nc2ccc(Br)cc2)c1. The van der Waals surface area contributed by atoms with Gasteiger partial charge in [-0.05, 0) is 56.1 Å². The fraction of sp³-hybridized carbons (Fsp3) is 0.316. The van der Waals surface area contributed by atoms with Crippen molar-refractivity contribution in [2.75, 3.05) is 39.6 Å². The van der Waals surface area contributed by atoms with Crippen molar-refractivity contribution in [3.8, 4) is 5.75 Å². The Morgan fingerprint density at radius 3 is 2.48 bits per heavy atom. The third kappa shape index (κ3) is 6.40. The van der Waals surface area contributed by atoms with Crippen molar-refractivity contribution in [1.82, 2.24) is 9.80 Å². The monoisotopic (exact) mass is 405 g/mol. The predicted octanol–water partition coefficient (Wildman–Crippen LogP) is 4.05. The lowest BCUT2D eigenvalue weighted by Crippen LogP contribution is -2.39. The highest BCUT2D eigenvalue weighted by atomic mass is 79.9. The van der Waals surface area contributed by atoms with Crippen LogP contribution >= 0.6 is 15.9 Å². The summed E-state index contributed by atoms with van der Waals surface area (Å²) in [6, 6.07) is 15.2. The van der Waals surface area contributed by atoms with Gasteiger partial charge in [0.1, 0.15) is 5.75 Å². The van der Waals surface area contributed by atoms with Crippen LogP contribution in [-0.2, 0) is 6.54 Å². The van der Waals surface area contributed by atoms with E-state index in [4.69, 9.17) is 4.74 Å². The van der Waals surface area contributed by atoms with Crippen LogP contribution in [0, 0.1) is 0 Å². The molecule has 0 saturated carbocycles. The molecule has 0 aliphatic rings. The standard InChI is InChI=1S/C19H24BrN3O2/c1-22(2)11-12-23(14-15-5-4-6-18(13-15)25-3)19(24)21-17-9-7-16(20)8-10-17/h4-10,13H,11-12,14H2,1-3H3,(H,21,24). The molecular formula is C19H24BrN3O2. The summed E-state index contributed by atoms with van der Waals surface area (Å²) in [7, 11) is 5.63. The third-order valence-corrected chi connectivity index (χ3v) is 4.24. The number of amides is 2. The minimum atomic E-state index is -0.119. The summed E-state index contributed by atoms with van der Waals surface area (Å²) in [5.74, 6) is 0.790. The number of carbonyl (C=O) groups excluding carboxylic acids is 1. The molecule has 0 atom stereocenters. The van der Waals surface area contributed by atoms with Crippen LogP contribution in [0.5, 0.6) is 5.75 Å². The molecule has 1 N–H and O–H groups in total. The van der Waals surface area contributed by atoms with Crippen molar-refractivity contribution in [3.63, 3.8) is 0 Å².